The number of nitrogens with zero attached hydrogens (tertiary/aromatic N) is 5. The monoisotopic (exact) mass is 440 g/mol. The molecule has 1 aromatic carbocycles. The molecule has 0 radical (unpaired) electrons. The van der Waals surface area contributed by atoms with Gasteiger partial charge < -0.3 is 10.2 Å². The summed E-state index contributed by atoms with van der Waals surface area (Å²) in [6.45, 7) is 5.69. The average molecular weight is 441 g/mol. The molecule has 30 heavy (non-hydrogen) atoms. The van der Waals surface area contributed by atoms with Crippen LogP contribution in [0.1, 0.15) is 34.7 Å². The number of nitrogens with one attached hydrogen (secondary N) is 1. The van der Waals surface area contributed by atoms with Gasteiger partial charge in [-0.05, 0) is 68.8 Å². The zero-order valence-electron chi connectivity index (χ0n) is 16.7. The lowest BCUT2D eigenvalue weighted by Crippen LogP contribution is -2.23. The third-order valence-corrected chi connectivity index (χ3v) is 5.77. The minimum absolute atomic E-state index is 0.177. The molecule has 2 aromatic heterocycles. The van der Waals surface area contributed by atoms with Crippen molar-refractivity contribution in [2.75, 3.05) is 23.3 Å². The number of aryl methyl sites for hydroxylation is 2. The SMILES string of the molecule is Cc1cc(C)nc(Sc2ccc(NC(=O)c3nc(N4CCCC4)ncc3Cl)cc2)n1. The van der Waals surface area contributed by atoms with Gasteiger partial charge in [0.2, 0.25) is 5.95 Å². The molecule has 0 atom stereocenters. The maximum absolute atomic E-state index is 12.7. The van der Waals surface area contributed by atoms with Crippen molar-refractivity contribution < 1.29 is 4.79 Å². The number of halogens is 1. The number of rotatable bonds is 5. The third kappa shape index (κ3) is 4.88. The first-order valence-electron chi connectivity index (χ1n) is 9.67. The van der Waals surface area contributed by atoms with Crippen molar-refractivity contribution in [1.29, 1.82) is 0 Å². The van der Waals surface area contributed by atoms with Crippen molar-refractivity contribution in [3.8, 4) is 0 Å². The number of hydrogen-bond acceptors (Lipinski definition) is 7. The van der Waals surface area contributed by atoms with Crippen LogP contribution in [0.15, 0.2) is 46.6 Å². The van der Waals surface area contributed by atoms with Crippen LogP contribution in [0.2, 0.25) is 5.02 Å². The fraction of sp³-hybridized carbons (Fsp3) is 0.286. The predicted octanol–water partition coefficient (Wildman–Crippen LogP) is 4.54. The zero-order valence-corrected chi connectivity index (χ0v) is 18.3. The summed E-state index contributed by atoms with van der Waals surface area (Å²) in [7, 11) is 0. The second kappa shape index (κ2) is 8.97. The Hall–Kier alpha value is -2.71. The number of carbonyl (C=O) groups is 1. The lowest BCUT2D eigenvalue weighted by molar-refractivity contribution is 0.102. The van der Waals surface area contributed by atoms with E-state index in [1.807, 2.05) is 44.2 Å². The number of amides is 1. The molecular formula is C21H21ClN6OS. The Kier molecular flexibility index (Phi) is 6.15. The summed E-state index contributed by atoms with van der Waals surface area (Å²) in [5.41, 5.74) is 2.70. The van der Waals surface area contributed by atoms with Crippen LogP contribution in [0.4, 0.5) is 11.6 Å². The van der Waals surface area contributed by atoms with Gasteiger partial charge in [0.25, 0.3) is 5.91 Å². The third-order valence-electron chi connectivity index (χ3n) is 4.62. The van der Waals surface area contributed by atoms with E-state index in [2.05, 4.69) is 30.2 Å². The van der Waals surface area contributed by atoms with E-state index < -0.39 is 0 Å². The summed E-state index contributed by atoms with van der Waals surface area (Å²) in [6.07, 6.45) is 3.69. The van der Waals surface area contributed by atoms with Gasteiger partial charge in [0, 0.05) is 35.1 Å². The summed E-state index contributed by atoms with van der Waals surface area (Å²) in [4.78, 5) is 33.3. The first-order chi connectivity index (χ1) is 14.5. The van der Waals surface area contributed by atoms with Crippen LogP contribution in [0.3, 0.4) is 0 Å². The highest BCUT2D eigenvalue weighted by atomic mass is 35.5. The smallest absolute Gasteiger partial charge is 0.276 e. The normalized spacial score (nSPS) is 13.5. The molecule has 1 amide bonds. The molecule has 1 aliphatic rings. The molecule has 4 rings (SSSR count). The van der Waals surface area contributed by atoms with E-state index in [-0.39, 0.29) is 16.6 Å². The predicted molar refractivity (Wildman–Crippen MR) is 119 cm³/mol. The topological polar surface area (TPSA) is 83.9 Å². The van der Waals surface area contributed by atoms with Gasteiger partial charge in [0.05, 0.1) is 11.2 Å². The van der Waals surface area contributed by atoms with Crippen molar-refractivity contribution in [3.05, 3.63) is 58.6 Å². The molecule has 1 N–H and O–H groups in total. The van der Waals surface area contributed by atoms with Crippen LogP contribution >= 0.6 is 23.4 Å². The Bertz CT molecular complexity index is 1050. The molecule has 7 nitrogen and oxygen atoms in total. The summed E-state index contributed by atoms with van der Waals surface area (Å²) in [5, 5.41) is 3.79. The second-order valence-corrected chi connectivity index (χ2v) is 8.52. The molecule has 0 aliphatic carbocycles. The molecule has 0 bridgehead atoms. The Morgan fingerprint density at radius 3 is 2.40 bits per heavy atom. The van der Waals surface area contributed by atoms with Gasteiger partial charge in [-0.1, -0.05) is 11.6 Å². The lowest BCUT2D eigenvalue weighted by atomic mass is 10.3. The van der Waals surface area contributed by atoms with Crippen LogP contribution in [0.5, 0.6) is 0 Å². The highest BCUT2D eigenvalue weighted by molar-refractivity contribution is 7.99. The number of aromatic nitrogens is 4. The summed E-state index contributed by atoms with van der Waals surface area (Å²) in [5.74, 6) is 0.183. The molecule has 3 heterocycles. The summed E-state index contributed by atoms with van der Waals surface area (Å²) in [6, 6.07) is 9.44. The molecule has 1 fully saturated rings. The minimum atomic E-state index is -0.360. The first kappa shape index (κ1) is 20.6. The van der Waals surface area contributed by atoms with Crippen LogP contribution in [-0.4, -0.2) is 38.9 Å². The standard InChI is InChI=1S/C21H21ClN6OS/c1-13-11-14(2)25-21(24-13)30-16-7-5-15(6-8-16)26-19(29)18-17(22)12-23-20(27-18)28-9-3-4-10-28/h5-8,11-12H,3-4,9-10H2,1-2H3,(H,26,29). The number of anilines is 2. The van der Waals surface area contributed by atoms with E-state index in [0.717, 1.165) is 42.2 Å². The second-order valence-electron chi connectivity index (χ2n) is 7.07. The highest BCUT2D eigenvalue weighted by Crippen LogP contribution is 2.27. The van der Waals surface area contributed by atoms with E-state index in [4.69, 9.17) is 11.6 Å². The molecule has 154 valence electrons. The largest absolute Gasteiger partial charge is 0.341 e. The van der Waals surface area contributed by atoms with Crippen molar-refractivity contribution in [2.45, 2.75) is 36.7 Å². The van der Waals surface area contributed by atoms with E-state index in [9.17, 15) is 4.79 Å². The van der Waals surface area contributed by atoms with E-state index in [1.165, 1.54) is 18.0 Å². The van der Waals surface area contributed by atoms with Crippen LogP contribution in [-0.2, 0) is 0 Å². The molecule has 1 aliphatic heterocycles. The van der Waals surface area contributed by atoms with E-state index in [0.29, 0.717) is 16.8 Å². The first-order valence-corrected chi connectivity index (χ1v) is 10.9. The molecule has 9 heteroatoms. The van der Waals surface area contributed by atoms with Crippen LogP contribution in [0.25, 0.3) is 0 Å². The van der Waals surface area contributed by atoms with Gasteiger partial charge in [-0.3, -0.25) is 4.79 Å². The van der Waals surface area contributed by atoms with Gasteiger partial charge in [0.1, 0.15) is 0 Å². The van der Waals surface area contributed by atoms with Crippen LogP contribution in [0, 0.1) is 13.8 Å². The van der Waals surface area contributed by atoms with Crippen molar-refractivity contribution in [2.24, 2.45) is 0 Å². The Labute approximate surface area is 184 Å². The van der Waals surface area contributed by atoms with E-state index in [1.54, 1.807) is 0 Å². The fourth-order valence-corrected chi connectivity index (χ4v) is 4.27. The molecular weight excluding hydrogens is 420 g/mol. The molecule has 3 aromatic rings. The van der Waals surface area contributed by atoms with Gasteiger partial charge >= 0.3 is 0 Å². The van der Waals surface area contributed by atoms with Crippen LogP contribution < -0.4 is 10.2 Å². The minimum Gasteiger partial charge on any atom is -0.341 e. The molecule has 0 spiro atoms. The maximum Gasteiger partial charge on any atom is 0.276 e. The molecule has 1 saturated heterocycles. The maximum atomic E-state index is 12.7. The van der Waals surface area contributed by atoms with Gasteiger partial charge in [0.15, 0.2) is 10.9 Å². The summed E-state index contributed by atoms with van der Waals surface area (Å²) >= 11 is 7.66. The van der Waals surface area contributed by atoms with Gasteiger partial charge in [-0.2, -0.15) is 0 Å². The van der Waals surface area contributed by atoms with Gasteiger partial charge in [-0.15, -0.1) is 0 Å². The van der Waals surface area contributed by atoms with Crippen molar-refractivity contribution in [1.82, 2.24) is 19.9 Å². The Balaban J connectivity index is 1.45. The van der Waals surface area contributed by atoms with Crippen molar-refractivity contribution >= 4 is 40.9 Å². The van der Waals surface area contributed by atoms with Gasteiger partial charge in [-0.25, -0.2) is 19.9 Å². The van der Waals surface area contributed by atoms with Crippen molar-refractivity contribution in [3.63, 3.8) is 0 Å². The summed E-state index contributed by atoms with van der Waals surface area (Å²) < 4.78 is 0. The Morgan fingerprint density at radius 1 is 1.07 bits per heavy atom. The number of hydrogen-bond donors (Lipinski definition) is 1. The fourth-order valence-electron chi connectivity index (χ4n) is 3.23. The van der Waals surface area contributed by atoms with E-state index >= 15 is 0 Å². The number of benzene rings is 1. The molecule has 0 saturated carbocycles. The average Bonchev–Trinajstić information content (AvgIpc) is 3.24. The Morgan fingerprint density at radius 2 is 1.73 bits per heavy atom. The highest BCUT2D eigenvalue weighted by Gasteiger charge is 2.19. The quantitative estimate of drug-likeness (QED) is 0.583. The zero-order chi connectivity index (χ0) is 21.1. The molecule has 0 unspecified atom stereocenters. The number of carbonyl (C=O) groups excluding carboxylic acids is 1. The lowest BCUT2D eigenvalue weighted by Gasteiger charge is -2.16.